The molecular weight excluding hydrogens is 498 g/mol. The largest absolute Gasteiger partial charge is 0.323 e. The second kappa shape index (κ2) is 7.87. The van der Waals surface area contributed by atoms with Gasteiger partial charge in [0.15, 0.2) is 9.84 Å². The number of H-pyrrole nitrogens is 1. The quantitative estimate of drug-likeness (QED) is 0.192. The molecule has 2 unspecified atom stereocenters. The van der Waals surface area contributed by atoms with Gasteiger partial charge in [-0.05, 0) is 38.1 Å². The predicted octanol–water partition coefficient (Wildman–Crippen LogP) is 2.35. The molecule has 1 aliphatic carbocycles. The Balaban J connectivity index is 2.34. The average molecular weight is 516 g/mol. The van der Waals surface area contributed by atoms with Gasteiger partial charge in [0.25, 0.3) is 10.1 Å². The third-order valence-corrected chi connectivity index (χ3v) is 8.47. The maximum Gasteiger partial charge on any atom is 0.323 e. The van der Waals surface area contributed by atoms with E-state index in [4.69, 9.17) is 11.6 Å². The molecule has 0 bridgehead atoms. The lowest BCUT2D eigenvalue weighted by Gasteiger charge is -2.35. The highest BCUT2D eigenvalue weighted by molar-refractivity contribution is 7.90. The van der Waals surface area contributed by atoms with Gasteiger partial charge in [-0.15, -0.1) is 0 Å². The first kappa shape index (κ1) is 24.8. The summed E-state index contributed by atoms with van der Waals surface area (Å²) in [6, 6.07) is 4.48. The molecule has 2 atom stereocenters. The summed E-state index contributed by atoms with van der Waals surface area (Å²) in [5.41, 5.74) is -3.44. The van der Waals surface area contributed by atoms with Crippen LogP contribution < -0.4 is 0 Å². The van der Waals surface area contributed by atoms with E-state index in [1.807, 2.05) is 0 Å². The molecule has 0 saturated heterocycles. The molecule has 0 amide bonds. The number of nitrogens with one attached hydrogen (secondary N) is 1. The number of sulfone groups is 1. The van der Waals surface area contributed by atoms with Crippen LogP contribution in [0.25, 0.3) is 5.57 Å². The highest BCUT2D eigenvalue weighted by Crippen LogP contribution is 2.46. The minimum Gasteiger partial charge on any atom is -0.285 e. The van der Waals surface area contributed by atoms with E-state index in [1.165, 1.54) is 19.2 Å². The first-order chi connectivity index (χ1) is 15.1. The van der Waals surface area contributed by atoms with E-state index in [9.17, 15) is 36.3 Å². The molecule has 0 aliphatic heterocycles. The van der Waals surface area contributed by atoms with Crippen LogP contribution in [0.1, 0.15) is 29.9 Å². The molecule has 1 aliphatic rings. The number of carbonyl (C=O) groups excluding carboxylic acids is 1. The van der Waals surface area contributed by atoms with E-state index < -0.39 is 40.9 Å². The van der Waals surface area contributed by atoms with Gasteiger partial charge in [0.05, 0.1) is 15.6 Å². The first-order valence-electron chi connectivity index (χ1n) is 9.15. The Morgan fingerprint density at radius 1 is 1.21 bits per heavy atom. The summed E-state index contributed by atoms with van der Waals surface area (Å²) in [5, 5.41) is 18.2. The standard InChI is InChI=1S/C19H18ClN3O8S2/c1-11-16(15-6-9-21-22-15)18(2,33(29,30)31)7-8-19(11,23(25)26)17(24)13-5-4-12(10-14(13)20)32(3,27)28/h4-10H,1-3H3,(H,21,22)(H,29,30,31). The second-order valence-electron chi connectivity index (χ2n) is 7.65. The van der Waals surface area contributed by atoms with Gasteiger partial charge in [-0.1, -0.05) is 17.7 Å². The van der Waals surface area contributed by atoms with E-state index in [1.54, 1.807) is 0 Å². The molecule has 176 valence electrons. The number of nitrogens with zero attached hydrogens (tertiary/aromatic N) is 2. The fourth-order valence-corrected chi connectivity index (χ4v) is 5.51. The van der Waals surface area contributed by atoms with Gasteiger partial charge in [-0.2, -0.15) is 13.5 Å². The molecule has 2 N–H and O–H groups in total. The topological polar surface area (TPSA) is 177 Å². The van der Waals surface area contributed by atoms with Gasteiger partial charge in [-0.25, -0.2) is 8.42 Å². The Bertz CT molecular complexity index is 1450. The minimum absolute atomic E-state index is 0.0366. The number of aromatic amines is 1. The van der Waals surface area contributed by atoms with Crippen LogP contribution in [-0.4, -0.2) is 58.8 Å². The maximum absolute atomic E-state index is 13.5. The van der Waals surface area contributed by atoms with Crippen molar-refractivity contribution in [1.82, 2.24) is 10.2 Å². The van der Waals surface area contributed by atoms with Gasteiger partial charge in [0.2, 0.25) is 5.78 Å². The van der Waals surface area contributed by atoms with Crippen molar-refractivity contribution in [2.24, 2.45) is 0 Å². The van der Waals surface area contributed by atoms with E-state index in [2.05, 4.69) is 10.2 Å². The Morgan fingerprint density at radius 2 is 1.85 bits per heavy atom. The third-order valence-electron chi connectivity index (χ3n) is 5.64. The van der Waals surface area contributed by atoms with Crippen LogP contribution in [0, 0.1) is 10.1 Å². The number of ketones is 1. The lowest BCUT2D eigenvalue weighted by atomic mass is 9.73. The molecule has 0 spiro atoms. The van der Waals surface area contributed by atoms with Crippen molar-refractivity contribution in [3.8, 4) is 0 Å². The van der Waals surface area contributed by atoms with E-state index >= 15 is 0 Å². The summed E-state index contributed by atoms with van der Waals surface area (Å²) < 4.78 is 55.9. The molecule has 0 radical (unpaired) electrons. The van der Waals surface area contributed by atoms with Crippen molar-refractivity contribution >= 4 is 42.9 Å². The SMILES string of the molecule is CC1=C(c2ccn[nH]2)C(C)(S(=O)(=O)O)C=CC1(C(=O)c1ccc(S(C)(=O)=O)cc1Cl)[N+](=O)[O-]. The molecule has 14 heteroatoms. The number of hydrogen-bond acceptors (Lipinski definition) is 8. The van der Waals surface area contributed by atoms with Crippen LogP contribution in [-0.2, 0) is 20.0 Å². The van der Waals surface area contributed by atoms with Crippen molar-refractivity contribution in [1.29, 1.82) is 0 Å². The lowest BCUT2D eigenvalue weighted by Crippen LogP contribution is -2.51. The zero-order chi connectivity index (χ0) is 25.0. The summed E-state index contributed by atoms with van der Waals surface area (Å²) in [5.74, 6) is -1.12. The van der Waals surface area contributed by atoms with E-state index in [-0.39, 0.29) is 32.3 Å². The summed E-state index contributed by atoms with van der Waals surface area (Å²) in [7, 11) is -8.51. The molecule has 1 heterocycles. The number of aromatic nitrogens is 2. The van der Waals surface area contributed by atoms with Crippen molar-refractivity contribution in [2.75, 3.05) is 6.26 Å². The van der Waals surface area contributed by atoms with Crippen LogP contribution >= 0.6 is 11.6 Å². The summed E-state index contributed by atoms with van der Waals surface area (Å²) in [6.45, 7) is 2.32. The van der Waals surface area contributed by atoms with Gasteiger partial charge < -0.3 is 0 Å². The second-order valence-corrected chi connectivity index (χ2v) is 11.9. The fraction of sp³-hybridized carbons (Fsp3) is 0.263. The van der Waals surface area contributed by atoms with Gasteiger partial charge in [0, 0.05) is 40.2 Å². The lowest BCUT2D eigenvalue weighted by molar-refractivity contribution is -0.524. The minimum atomic E-state index is -4.85. The van der Waals surface area contributed by atoms with Crippen LogP contribution in [0.2, 0.25) is 5.02 Å². The molecule has 2 aromatic rings. The third kappa shape index (κ3) is 3.80. The fourth-order valence-electron chi connectivity index (χ4n) is 3.77. The molecule has 11 nitrogen and oxygen atoms in total. The summed E-state index contributed by atoms with van der Waals surface area (Å²) in [6.07, 6.45) is 3.86. The first-order valence-corrected chi connectivity index (χ1v) is 12.9. The number of Topliss-reactive ketones (excluding diaryl/α,β-unsaturated/α-hetero) is 1. The Kier molecular flexibility index (Phi) is 5.90. The van der Waals surface area contributed by atoms with Gasteiger partial charge in [-0.3, -0.25) is 24.6 Å². The maximum atomic E-state index is 13.5. The van der Waals surface area contributed by atoms with E-state index in [0.717, 1.165) is 43.5 Å². The average Bonchev–Trinajstić information content (AvgIpc) is 3.20. The number of rotatable bonds is 6. The smallest absolute Gasteiger partial charge is 0.285 e. The molecule has 33 heavy (non-hydrogen) atoms. The van der Waals surface area contributed by atoms with Crippen LogP contribution in [0.3, 0.4) is 0 Å². The van der Waals surface area contributed by atoms with Crippen molar-refractivity contribution < 1.29 is 31.1 Å². The highest BCUT2D eigenvalue weighted by atomic mass is 35.5. The summed E-state index contributed by atoms with van der Waals surface area (Å²) >= 11 is 6.13. The van der Waals surface area contributed by atoms with E-state index in [0.29, 0.717) is 0 Å². The Morgan fingerprint density at radius 3 is 2.30 bits per heavy atom. The Labute approximate surface area is 194 Å². The normalized spacial score (nSPS) is 23.5. The number of carbonyl (C=O) groups is 1. The van der Waals surface area contributed by atoms with Crippen LogP contribution in [0.4, 0.5) is 0 Å². The number of hydrogen-bond donors (Lipinski definition) is 2. The predicted molar refractivity (Wildman–Crippen MR) is 119 cm³/mol. The monoisotopic (exact) mass is 515 g/mol. The van der Waals surface area contributed by atoms with Gasteiger partial charge >= 0.3 is 5.54 Å². The number of nitro groups is 1. The molecule has 3 rings (SSSR count). The molecule has 0 saturated carbocycles. The number of halogens is 1. The number of benzene rings is 1. The van der Waals surface area contributed by atoms with Crippen molar-refractivity contribution in [3.05, 3.63) is 74.6 Å². The zero-order valence-electron chi connectivity index (χ0n) is 17.4. The highest BCUT2D eigenvalue weighted by Gasteiger charge is 2.59. The van der Waals surface area contributed by atoms with Crippen LogP contribution in [0.5, 0.6) is 0 Å². The molecule has 1 aromatic carbocycles. The van der Waals surface area contributed by atoms with Crippen LogP contribution in [0.15, 0.2) is 53.1 Å². The van der Waals surface area contributed by atoms with Crippen molar-refractivity contribution in [2.45, 2.75) is 29.0 Å². The van der Waals surface area contributed by atoms with Gasteiger partial charge in [0.1, 0.15) is 4.75 Å². The zero-order valence-corrected chi connectivity index (χ0v) is 19.8. The summed E-state index contributed by atoms with van der Waals surface area (Å²) in [4.78, 5) is 24.8. The Hall–Kier alpha value is -2.87. The molecular formula is C19H18ClN3O8S2. The molecule has 0 fully saturated rings. The molecule has 1 aromatic heterocycles. The van der Waals surface area contributed by atoms with Crippen molar-refractivity contribution in [3.63, 3.8) is 0 Å².